The van der Waals surface area contributed by atoms with Crippen LogP contribution in [0.1, 0.15) is 26.2 Å². The molecule has 1 aliphatic carbocycles. The fourth-order valence-corrected chi connectivity index (χ4v) is 2.54. The van der Waals surface area contributed by atoms with Crippen molar-refractivity contribution in [1.82, 2.24) is 9.80 Å². The van der Waals surface area contributed by atoms with Gasteiger partial charge in [0, 0.05) is 25.7 Å². The van der Waals surface area contributed by atoms with Crippen LogP contribution in [-0.2, 0) is 4.79 Å². The minimum Gasteiger partial charge on any atom is -0.341 e. The number of hydrogen-bond acceptors (Lipinski definition) is 3. The molecule has 2 N–H and O–H groups in total. The van der Waals surface area contributed by atoms with Crippen LogP contribution in [0, 0.1) is 5.92 Å². The molecule has 1 heterocycles. The Labute approximate surface area is 97.8 Å². The number of carbonyl (C=O) groups is 1. The SMILES string of the molecule is C[C@H](N)C(=O)N1CC[C@@H](CN(C)C2CC2)C1. The number of hydrogen-bond donors (Lipinski definition) is 1. The lowest BCUT2D eigenvalue weighted by Gasteiger charge is -2.22. The molecule has 0 spiro atoms. The molecule has 92 valence electrons. The summed E-state index contributed by atoms with van der Waals surface area (Å²) in [4.78, 5) is 16.1. The first-order chi connectivity index (χ1) is 7.58. The summed E-state index contributed by atoms with van der Waals surface area (Å²) < 4.78 is 0. The van der Waals surface area contributed by atoms with E-state index < -0.39 is 0 Å². The molecule has 2 aliphatic rings. The van der Waals surface area contributed by atoms with E-state index in [-0.39, 0.29) is 11.9 Å². The maximum Gasteiger partial charge on any atom is 0.239 e. The second-order valence-electron chi connectivity index (χ2n) is 5.40. The highest BCUT2D eigenvalue weighted by Gasteiger charge is 2.32. The van der Waals surface area contributed by atoms with Gasteiger partial charge in [-0.1, -0.05) is 0 Å². The van der Waals surface area contributed by atoms with Crippen molar-refractivity contribution in [2.75, 3.05) is 26.7 Å². The Morgan fingerprint density at radius 3 is 2.75 bits per heavy atom. The molecule has 0 radical (unpaired) electrons. The highest BCUT2D eigenvalue weighted by Crippen LogP contribution is 2.27. The molecule has 2 atom stereocenters. The molecule has 0 bridgehead atoms. The average molecular weight is 225 g/mol. The number of nitrogens with two attached hydrogens (primary N) is 1. The molecule has 4 nitrogen and oxygen atoms in total. The summed E-state index contributed by atoms with van der Waals surface area (Å²) >= 11 is 0. The maximum atomic E-state index is 11.7. The Hall–Kier alpha value is -0.610. The minimum absolute atomic E-state index is 0.108. The first-order valence-corrected chi connectivity index (χ1v) is 6.32. The molecule has 1 amide bonds. The number of rotatable bonds is 4. The number of carbonyl (C=O) groups excluding carboxylic acids is 1. The van der Waals surface area contributed by atoms with Crippen molar-refractivity contribution < 1.29 is 4.79 Å². The van der Waals surface area contributed by atoms with Gasteiger partial charge in [0.2, 0.25) is 5.91 Å². The van der Waals surface area contributed by atoms with Crippen LogP contribution in [0.2, 0.25) is 0 Å². The summed E-state index contributed by atoms with van der Waals surface area (Å²) in [6.45, 7) is 4.69. The monoisotopic (exact) mass is 225 g/mol. The molecule has 1 saturated carbocycles. The molecule has 0 aromatic heterocycles. The Bertz CT molecular complexity index is 263. The van der Waals surface area contributed by atoms with Crippen LogP contribution in [0.4, 0.5) is 0 Å². The lowest BCUT2D eigenvalue weighted by Crippen LogP contribution is -2.41. The predicted octanol–water partition coefficient (Wildman–Crippen LogP) is 0.276. The van der Waals surface area contributed by atoms with Gasteiger partial charge >= 0.3 is 0 Å². The van der Waals surface area contributed by atoms with Crippen LogP contribution in [0.15, 0.2) is 0 Å². The summed E-state index contributed by atoms with van der Waals surface area (Å²) in [7, 11) is 2.20. The molecule has 4 heteroatoms. The lowest BCUT2D eigenvalue weighted by molar-refractivity contribution is -0.131. The van der Waals surface area contributed by atoms with E-state index in [9.17, 15) is 4.79 Å². The zero-order chi connectivity index (χ0) is 11.7. The van der Waals surface area contributed by atoms with Crippen LogP contribution in [0.5, 0.6) is 0 Å². The largest absolute Gasteiger partial charge is 0.341 e. The van der Waals surface area contributed by atoms with Gasteiger partial charge < -0.3 is 15.5 Å². The van der Waals surface area contributed by atoms with Crippen LogP contribution in [-0.4, -0.2) is 54.5 Å². The first-order valence-electron chi connectivity index (χ1n) is 6.32. The Morgan fingerprint density at radius 1 is 1.50 bits per heavy atom. The van der Waals surface area contributed by atoms with Crippen molar-refractivity contribution in [3.05, 3.63) is 0 Å². The quantitative estimate of drug-likeness (QED) is 0.747. The van der Waals surface area contributed by atoms with Gasteiger partial charge in [0.15, 0.2) is 0 Å². The average Bonchev–Trinajstić information content (AvgIpc) is 2.99. The van der Waals surface area contributed by atoms with Crippen molar-refractivity contribution in [3.63, 3.8) is 0 Å². The van der Waals surface area contributed by atoms with E-state index in [2.05, 4.69) is 11.9 Å². The smallest absolute Gasteiger partial charge is 0.239 e. The molecule has 16 heavy (non-hydrogen) atoms. The predicted molar refractivity (Wildman–Crippen MR) is 64.0 cm³/mol. The topological polar surface area (TPSA) is 49.6 Å². The van der Waals surface area contributed by atoms with Crippen molar-refractivity contribution in [2.24, 2.45) is 11.7 Å². The van der Waals surface area contributed by atoms with Crippen LogP contribution in [0.25, 0.3) is 0 Å². The standard InChI is InChI=1S/C12H23N3O/c1-9(13)12(16)15-6-5-10(8-15)7-14(2)11-3-4-11/h9-11H,3-8,13H2,1-2H3/t9-,10-/m0/s1. The first kappa shape index (κ1) is 11.9. The number of nitrogens with zero attached hydrogens (tertiary/aromatic N) is 2. The lowest BCUT2D eigenvalue weighted by atomic mass is 10.1. The van der Waals surface area contributed by atoms with E-state index >= 15 is 0 Å². The van der Waals surface area contributed by atoms with Gasteiger partial charge in [0.05, 0.1) is 6.04 Å². The van der Waals surface area contributed by atoms with Crippen molar-refractivity contribution in [3.8, 4) is 0 Å². The van der Waals surface area contributed by atoms with Gasteiger partial charge in [-0.2, -0.15) is 0 Å². The van der Waals surface area contributed by atoms with E-state index in [4.69, 9.17) is 5.73 Å². The van der Waals surface area contributed by atoms with Crippen molar-refractivity contribution >= 4 is 5.91 Å². The zero-order valence-corrected chi connectivity index (χ0v) is 10.4. The Kier molecular flexibility index (Phi) is 3.50. The Balaban J connectivity index is 1.76. The molecule has 0 unspecified atom stereocenters. The normalized spacial score (nSPS) is 27.5. The molecule has 0 aromatic rings. The summed E-state index contributed by atoms with van der Waals surface area (Å²) in [5.74, 6) is 0.755. The zero-order valence-electron chi connectivity index (χ0n) is 10.4. The third-order valence-corrected chi connectivity index (χ3v) is 3.70. The van der Waals surface area contributed by atoms with Gasteiger partial charge in [-0.15, -0.1) is 0 Å². The molecular formula is C12H23N3O. The molecule has 2 fully saturated rings. The molecule has 1 aliphatic heterocycles. The van der Waals surface area contributed by atoms with E-state index in [1.807, 2.05) is 4.90 Å². The van der Waals surface area contributed by atoms with Crippen molar-refractivity contribution in [1.29, 1.82) is 0 Å². The highest BCUT2D eigenvalue weighted by molar-refractivity contribution is 5.81. The van der Waals surface area contributed by atoms with E-state index in [1.165, 1.54) is 12.8 Å². The summed E-state index contributed by atoms with van der Waals surface area (Å²) in [5.41, 5.74) is 5.62. The molecular weight excluding hydrogens is 202 g/mol. The van der Waals surface area contributed by atoms with Gasteiger partial charge in [-0.3, -0.25) is 4.79 Å². The maximum absolute atomic E-state index is 11.7. The summed E-state index contributed by atoms with van der Waals surface area (Å²) in [6, 6.07) is 0.470. The van der Waals surface area contributed by atoms with E-state index in [1.54, 1.807) is 6.92 Å². The van der Waals surface area contributed by atoms with Gasteiger partial charge in [-0.25, -0.2) is 0 Å². The van der Waals surface area contributed by atoms with Crippen LogP contribution < -0.4 is 5.73 Å². The second-order valence-corrected chi connectivity index (χ2v) is 5.40. The van der Waals surface area contributed by atoms with Gasteiger partial charge in [0.25, 0.3) is 0 Å². The van der Waals surface area contributed by atoms with Gasteiger partial charge in [0.1, 0.15) is 0 Å². The van der Waals surface area contributed by atoms with Crippen LogP contribution in [0.3, 0.4) is 0 Å². The van der Waals surface area contributed by atoms with Gasteiger partial charge in [-0.05, 0) is 39.2 Å². The van der Waals surface area contributed by atoms with E-state index in [0.29, 0.717) is 5.92 Å². The fraction of sp³-hybridized carbons (Fsp3) is 0.917. The summed E-state index contributed by atoms with van der Waals surface area (Å²) in [5, 5.41) is 0. The molecule has 2 rings (SSSR count). The highest BCUT2D eigenvalue weighted by atomic mass is 16.2. The van der Waals surface area contributed by atoms with Crippen molar-refractivity contribution in [2.45, 2.75) is 38.3 Å². The fourth-order valence-electron chi connectivity index (χ4n) is 2.54. The number of amides is 1. The second kappa shape index (κ2) is 4.72. The molecule has 0 aromatic carbocycles. The molecule has 1 saturated heterocycles. The third-order valence-electron chi connectivity index (χ3n) is 3.70. The Morgan fingerprint density at radius 2 is 2.19 bits per heavy atom. The number of likely N-dealkylation sites (tertiary alicyclic amines) is 1. The minimum atomic E-state index is -0.347. The van der Waals surface area contributed by atoms with E-state index in [0.717, 1.165) is 32.1 Å². The third kappa shape index (κ3) is 2.74. The summed E-state index contributed by atoms with van der Waals surface area (Å²) in [6.07, 6.45) is 3.84. The van der Waals surface area contributed by atoms with Crippen LogP contribution >= 0.6 is 0 Å².